The normalized spacial score (nSPS) is 8.07. The molecule has 14 heavy (non-hydrogen) atoms. The highest BCUT2D eigenvalue weighted by molar-refractivity contribution is 5.94. The maximum absolute atomic E-state index is 10.5. The van der Waals surface area contributed by atoms with E-state index in [1.54, 1.807) is 31.3 Å². The van der Waals surface area contributed by atoms with Crippen LogP contribution in [0, 0.1) is 0 Å². The SMILES string of the molecule is CNc1ccccc1C(=O)O.O=CO. The van der Waals surface area contributed by atoms with Crippen molar-refractivity contribution in [2.24, 2.45) is 0 Å². The van der Waals surface area contributed by atoms with Crippen molar-refractivity contribution in [3.8, 4) is 0 Å². The summed E-state index contributed by atoms with van der Waals surface area (Å²) < 4.78 is 0. The Morgan fingerprint density at radius 2 is 1.93 bits per heavy atom. The lowest BCUT2D eigenvalue weighted by Crippen LogP contribution is -2.01. The summed E-state index contributed by atoms with van der Waals surface area (Å²) >= 11 is 0. The first-order valence-electron chi connectivity index (χ1n) is 3.75. The van der Waals surface area contributed by atoms with Gasteiger partial charge >= 0.3 is 5.97 Å². The van der Waals surface area contributed by atoms with Gasteiger partial charge in [-0.15, -0.1) is 0 Å². The fourth-order valence-electron chi connectivity index (χ4n) is 0.888. The number of benzene rings is 1. The van der Waals surface area contributed by atoms with Gasteiger partial charge in [-0.05, 0) is 12.1 Å². The first kappa shape index (κ1) is 12.0. The lowest BCUT2D eigenvalue weighted by atomic mass is 10.2. The van der Waals surface area contributed by atoms with Gasteiger partial charge in [0.2, 0.25) is 0 Å². The van der Waals surface area contributed by atoms with E-state index in [0.717, 1.165) is 0 Å². The van der Waals surface area contributed by atoms with E-state index in [1.165, 1.54) is 0 Å². The third kappa shape index (κ3) is 3.57. The molecule has 0 atom stereocenters. The topological polar surface area (TPSA) is 86.6 Å². The standard InChI is InChI=1S/C8H9NO2.CH2O2/c1-9-7-5-3-2-4-6(7)8(10)11;2-1-3/h2-5,9H,1H3,(H,10,11);1H,(H,2,3). The monoisotopic (exact) mass is 197 g/mol. The zero-order valence-corrected chi connectivity index (χ0v) is 7.60. The molecule has 0 fully saturated rings. The molecular weight excluding hydrogens is 186 g/mol. The Hall–Kier alpha value is -2.04. The van der Waals surface area contributed by atoms with Crippen LogP contribution in [0.4, 0.5) is 5.69 Å². The van der Waals surface area contributed by atoms with Crippen LogP contribution in [-0.4, -0.2) is 29.7 Å². The number of nitrogens with one attached hydrogen (secondary N) is 1. The van der Waals surface area contributed by atoms with E-state index in [1.807, 2.05) is 0 Å². The fourth-order valence-corrected chi connectivity index (χ4v) is 0.888. The van der Waals surface area contributed by atoms with Crippen LogP contribution in [-0.2, 0) is 4.79 Å². The molecule has 76 valence electrons. The predicted molar refractivity (Wildman–Crippen MR) is 51.6 cm³/mol. The highest BCUT2D eigenvalue weighted by Crippen LogP contribution is 2.12. The number of hydrogen-bond donors (Lipinski definition) is 3. The van der Waals surface area contributed by atoms with Crippen LogP contribution in [0.3, 0.4) is 0 Å². The molecule has 0 aliphatic heterocycles. The molecule has 0 amide bonds. The van der Waals surface area contributed by atoms with Crippen LogP contribution in [0.2, 0.25) is 0 Å². The average molecular weight is 197 g/mol. The Kier molecular flexibility index (Phi) is 5.53. The van der Waals surface area contributed by atoms with Crippen LogP contribution in [0.1, 0.15) is 10.4 Å². The number of aromatic carboxylic acids is 1. The molecule has 3 N–H and O–H groups in total. The minimum absolute atomic E-state index is 0.250. The molecular formula is C9H11NO4. The highest BCUT2D eigenvalue weighted by Gasteiger charge is 2.05. The lowest BCUT2D eigenvalue weighted by molar-refractivity contribution is -0.122. The second-order valence-electron chi connectivity index (χ2n) is 2.21. The van der Waals surface area contributed by atoms with Gasteiger partial charge in [-0.1, -0.05) is 12.1 Å². The molecule has 0 aromatic heterocycles. The minimum Gasteiger partial charge on any atom is -0.483 e. The molecule has 1 rings (SSSR count). The van der Waals surface area contributed by atoms with Gasteiger partial charge in [-0.3, -0.25) is 4.79 Å². The fraction of sp³-hybridized carbons (Fsp3) is 0.111. The van der Waals surface area contributed by atoms with Crippen molar-refractivity contribution in [3.05, 3.63) is 29.8 Å². The van der Waals surface area contributed by atoms with E-state index in [0.29, 0.717) is 11.3 Å². The second kappa shape index (κ2) is 6.47. The molecule has 0 saturated heterocycles. The highest BCUT2D eigenvalue weighted by atomic mass is 16.4. The van der Waals surface area contributed by atoms with Crippen LogP contribution in [0.15, 0.2) is 24.3 Å². The molecule has 1 aromatic rings. The Balaban J connectivity index is 0.000000500. The zero-order chi connectivity index (χ0) is 11.0. The summed E-state index contributed by atoms with van der Waals surface area (Å²) in [4.78, 5) is 18.9. The van der Waals surface area contributed by atoms with E-state index < -0.39 is 5.97 Å². The van der Waals surface area contributed by atoms with Crippen molar-refractivity contribution in [1.82, 2.24) is 0 Å². The van der Waals surface area contributed by atoms with Crippen molar-refractivity contribution >= 4 is 18.1 Å². The van der Waals surface area contributed by atoms with Crippen LogP contribution >= 0.6 is 0 Å². The van der Waals surface area contributed by atoms with E-state index in [4.69, 9.17) is 15.0 Å². The molecule has 0 radical (unpaired) electrons. The summed E-state index contributed by atoms with van der Waals surface area (Å²) in [6.45, 7) is -0.250. The summed E-state index contributed by atoms with van der Waals surface area (Å²) in [6.07, 6.45) is 0. The van der Waals surface area contributed by atoms with Crippen molar-refractivity contribution in [1.29, 1.82) is 0 Å². The lowest BCUT2D eigenvalue weighted by Gasteiger charge is -2.02. The van der Waals surface area contributed by atoms with E-state index in [-0.39, 0.29) is 6.47 Å². The molecule has 0 aliphatic carbocycles. The third-order valence-electron chi connectivity index (χ3n) is 1.43. The van der Waals surface area contributed by atoms with Gasteiger partial charge in [-0.2, -0.15) is 0 Å². The quantitative estimate of drug-likeness (QED) is 0.618. The Morgan fingerprint density at radius 3 is 2.29 bits per heavy atom. The van der Waals surface area contributed by atoms with Gasteiger partial charge < -0.3 is 15.5 Å². The molecule has 0 aliphatic rings. The predicted octanol–water partition coefficient (Wildman–Crippen LogP) is 1.13. The zero-order valence-electron chi connectivity index (χ0n) is 7.60. The molecule has 0 spiro atoms. The third-order valence-corrected chi connectivity index (χ3v) is 1.43. The smallest absolute Gasteiger partial charge is 0.337 e. The van der Waals surface area contributed by atoms with Crippen molar-refractivity contribution in [3.63, 3.8) is 0 Å². The number of hydrogen-bond acceptors (Lipinski definition) is 3. The number of carboxylic acid groups (broad SMARTS) is 2. The number of carbonyl (C=O) groups is 2. The first-order valence-corrected chi connectivity index (χ1v) is 3.75. The maximum Gasteiger partial charge on any atom is 0.337 e. The molecule has 0 unspecified atom stereocenters. The van der Waals surface area contributed by atoms with E-state index in [2.05, 4.69) is 5.32 Å². The first-order chi connectivity index (χ1) is 6.67. The Morgan fingerprint density at radius 1 is 1.43 bits per heavy atom. The summed E-state index contributed by atoms with van der Waals surface area (Å²) in [6, 6.07) is 6.78. The Bertz CT molecular complexity index is 311. The van der Waals surface area contributed by atoms with Gasteiger partial charge in [0, 0.05) is 12.7 Å². The van der Waals surface area contributed by atoms with E-state index in [9.17, 15) is 4.79 Å². The Labute approximate surface area is 81.0 Å². The number of rotatable bonds is 2. The molecule has 5 nitrogen and oxygen atoms in total. The maximum atomic E-state index is 10.5. The van der Waals surface area contributed by atoms with Crippen molar-refractivity contribution in [2.45, 2.75) is 0 Å². The molecule has 0 heterocycles. The summed E-state index contributed by atoms with van der Waals surface area (Å²) in [5.74, 6) is -0.907. The van der Waals surface area contributed by atoms with Crippen LogP contribution < -0.4 is 5.32 Å². The van der Waals surface area contributed by atoms with Gasteiger partial charge in [0.1, 0.15) is 0 Å². The van der Waals surface area contributed by atoms with Gasteiger partial charge in [0.25, 0.3) is 6.47 Å². The summed E-state index contributed by atoms with van der Waals surface area (Å²) in [7, 11) is 1.70. The van der Waals surface area contributed by atoms with Gasteiger partial charge in [-0.25, -0.2) is 4.79 Å². The molecule has 5 heteroatoms. The van der Waals surface area contributed by atoms with Crippen LogP contribution in [0.5, 0.6) is 0 Å². The largest absolute Gasteiger partial charge is 0.483 e. The molecule has 0 saturated carbocycles. The number of anilines is 1. The second-order valence-corrected chi connectivity index (χ2v) is 2.21. The number of carboxylic acids is 1. The van der Waals surface area contributed by atoms with Crippen molar-refractivity contribution in [2.75, 3.05) is 12.4 Å². The number of para-hydroxylation sites is 1. The summed E-state index contributed by atoms with van der Waals surface area (Å²) in [5.41, 5.74) is 0.940. The van der Waals surface area contributed by atoms with Gasteiger partial charge in [0.05, 0.1) is 5.56 Å². The van der Waals surface area contributed by atoms with Crippen LogP contribution in [0.25, 0.3) is 0 Å². The molecule has 0 bridgehead atoms. The summed E-state index contributed by atoms with van der Waals surface area (Å²) in [5, 5.41) is 18.3. The minimum atomic E-state index is -0.907. The van der Waals surface area contributed by atoms with Crippen molar-refractivity contribution < 1.29 is 19.8 Å². The average Bonchev–Trinajstić information content (AvgIpc) is 2.19. The molecule has 1 aromatic carbocycles. The van der Waals surface area contributed by atoms with E-state index >= 15 is 0 Å². The van der Waals surface area contributed by atoms with Gasteiger partial charge in [0.15, 0.2) is 0 Å².